The lowest BCUT2D eigenvalue weighted by atomic mass is 10.1. The van der Waals surface area contributed by atoms with Crippen molar-refractivity contribution in [3.63, 3.8) is 0 Å². The zero-order chi connectivity index (χ0) is 10.9. The Morgan fingerprint density at radius 2 is 2.14 bits per heavy atom. The maximum absolute atomic E-state index is 12.5. The van der Waals surface area contributed by atoms with Gasteiger partial charge in [0.2, 0.25) is 0 Å². The molecular formula is C8H5Cl2F2NO. The van der Waals surface area contributed by atoms with Crippen LogP contribution in [0.5, 0.6) is 0 Å². The van der Waals surface area contributed by atoms with Gasteiger partial charge in [0.1, 0.15) is 5.69 Å². The maximum Gasteiger partial charge on any atom is 0.271 e. The largest absolute Gasteiger partial charge is 0.274 e. The molecule has 0 amide bonds. The molecule has 0 bridgehead atoms. The molecule has 2 nitrogen and oxygen atoms in total. The summed E-state index contributed by atoms with van der Waals surface area (Å²) < 4.78 is 25.0. The highest BCUT2D eigenvalue weighted by Gasteiger charge is 2.22. The second-order valence-electron chi connectivity index (χ2n) is 2.57. The number of carbonyl (C=O) groups is 1. The Kier molecular flexibility index (Phi) is 3.39. The van der Waals surface area contributed by atoms with Crippen molar-refractivity contribution < 1.29 is 13.6 Å². The van der Waals surface area contributed by atoms with Gasteiger partial charge in [0, 0.05) is 6.20 Å². The van der Waals surface area contributed by atoms with E-state index in [1.165, 1.54) is 6.92 Å². The van der Waals surface area contributed by atoms with Crippen LogP contribution < -0.4 is 0 Å². The van der Waals surface area contributed by atoms with Gasteiger partial charge < -0.3 is 0 Å². The number of nitrogens with zero attached hydrogens (tertiary/aromatic N) is 1. The van der Waals surface area contributed by atoms with E-state index in [-0.39, 0.29) is 10.6 Å². The van der Waals surface area contributed by atoms with E-state index in [1.54, 1.807) is 0 Å². The maximum atomic E-state index is 12.5. The Balaban J connectivity index is 3.45. The van der Waals surface area contributed by atoms with Gasteiger partial charge in [0.05, 0.1) is 10.6 Å². The van der Waals surface area contributed by atoms with Crippen molar-refractivity contribution in [2.45, 2.75) is 13.3 Å². The zero-order valence-electron chi connectivity index (χ0n) is 7.02. The Bertz CT molecular complexity index is 382. The molecule has 0 aliphatic heterocycles. The van der Waals surface area contributed by atoms with E-state index >= 15 is 0 Å². The molecule has 1 aromatic rings. The van der Waals surface area contributed by atoms with Crippen molar-refractivity contribution in [3.05, 3.63) is 28.0 Å². The number of hydrogen-bond acceptors (Lipinski definition) is 2. The van der Waals surface area contributed by atoms with E-state index in [4.69, 9.17) is 23.2 Å². The Morgan fingerprint density at radius 1 is 1.57 bits per heavy atom. The molecule has 0 radical (unpaired) electrons. The van der Waals surface area contributed by atoms with E-state index in [0.717, 1.165) is 6.20 Å². The van der Waals surface area contributed by atoms with Gasteiger partial charge >= 0.3 is 0 Å². The third-order valence-electron chi connectivity index (χ3n) is 1.73. The van der Waals surface area contributed by atoms with Crippen molar-refractivity contribution in [2.75, 3.05) is 0 Å². The molecule has 0 aromatic carbocycles. The standard InChI is InChI=1S/C8H5Cl2F2NO/c1-3-4(9)2-13-6(7(10)14)5(3)8(11)12/h2,8H,1H3. The topological polar surface area (TPSA) is 30.0 Å². The molecule has 0 saturated heterocycles. The van der Waals surface area contributed by atoms with E-state index < -0.39 is 22.9 Å². The summed E-state index contributed by atoms with van der Waals surface area (Å²) in [5.41, 5.74) is -0.818. The van der Waals surface area contributed by atoms with Gasteiger partial charge in [-0.15, -0.1) is 0 Å². The summed E-state index contributed by atoms with van der Waals surface area (Å²) >= 11 is 10.7. The minimum Gasteiger partial charge on any atom is -0.274 e. The fourth-order valence-corrected chi connectivity index (χ4v) is 1.32. The van der Waals surface area contributed by atoms with Crippen LogP contribution in [0.25, 0.3) is 0 Å². The monoisotopic (exact) mass is 239 g/mol. The molecule has 0 N–H and O–H groups in total. The second kappa shape index (κ2) is 4.19. The summed E-state index contributed by atoms with van der Waals surface area (Å²) in [5, 5.41) is -0.929. The lowest BCUT2D eigenvalue weighted by molar-refractivity contribution is 0.106. The normalized spacial score (nSPS) is 10.7. The van der Waals surface area contributed by atoms with Gasteiger partial charge in [-0.1, -0.05) is 11.6 Å². The number of alkyl halides is 2. The molecule has 0 atom stereocenters. The van der Waals surface area contributed by atoms with Gasteiger partial charge in [0.25, 0.3) is 11.7 Å². The Labute approximate surface area is 88.8 Å². The predicted octanol–water partition coefficient (Wildman–Crippen LogP) is 3.36. The summed E-state index contributed by atoms with van der Waals surface area (Å²) in [4.78, 5) is 14.2. The molecule has 1 rings (SSSR count). The van der Waals surface area contributed by atoms with Gasteiger partial charge in [-0.3, -0.25) is 4.79 Å². The number of aromatic nitrogens is 1. The molecule has 0 fully saturated rings. The second-order valence-corrected chi connectivity index (χ2v) is 3.32. The van der Waals surface area contributed by atoms with E-state index in [9.17, 15) is 13.6 Å². The molecule has 76 valence electrons. The number of carbonyl (C=O) groups excluding carboxylic acids is 1. The molecule has 14 heavy (non-hydrogen) atoms. The van der Waals surface area contributed by atoms with Crippen molar-refractivity contribution in [2.24, 2.45) is 0 Å². The van der Waals surface area contributed by atoms with Crippen LogP contribution in [-0.4, -0.2) is 10.2 Å². The summed E-state index contributed by atoms with van der Waals surface area (Å²) in [6, 6.07) is 0. The van der Waals surface area contributed by atoms with Crippen molar-refractivity contribution in [1.82, 2.24) is 4.98 Å². The lowest BCUT2D eigenvalue weighted by Crippen LogP contribution is -2.04. The van der Waals surface area contributed by atoms with Gasteiger partial charge in [-0.25, -0.2) is 13.8 Å². The van der Waals surface area contributed by atoms with Crippen LogP contribution in [0.2, 0.25) is 5.02 Å². The summed E-state index contributed by atoms with van der Waals surface area (Å²) in [5.74, 6) is 0. The average molecular weight is 240 g/mol. The lowest BCUT2D eigenvalue weighted by Gasteiger charge is -2.08. The van der Waals surface area contributed by atoms with Crippen molar-refractivity contribution >= 4 is 28.4 Å². The molecule has 1 heterocycles. The molecule has 0 aliphatic carbocycles. The van der Waals surface area contributed by atoms with Crippen LogP contribution in [-0.2, 0) is 0 Å². The minimum atomic E-state index is -2.82. The summed E-state index contributed by atoms with van der Waals surface area (Å²) in [7, 11) is 0. The molecule has 0 saturated carbocycles. The summed E-state index contributed by atoms with van der Waals surface area (Å²) in [6.45, 7) is 1.38. The first-order valence-corrected chi connectivity index (χ1v) is 4.33. The van der Waals surface area contributed by atoms with Crippen LogP contribution >= 0.6 is 23.2 Å². The SMILES string of the molecule is Cc1c(Cl)cnc(C(=O)Cl)c1C(F)F. The number of hydrogen-bond donors (Lipinski definition) is 0. The highest BCUT2D eigenvalue weighted by Crippen LogP contribution is 2.30. The first-order chi connectivity index (χ1) is 6.45. The highest BCUT2D eigenvalue weighted by atomic mass is 35.5. The highest BCUT2D eigenvalue weighted by molar-refractivity contribution is 6.67. The third-order valence-corrected chi connectivity index (χ3v) is 2.29. The Hall–Kier alpha value is -0.740. The fraction of sp³-hybridized carbons (Fsp3) is 0.250. The van der Waals surface area contributed by atoms with E-state index in [0.29, 0.717) is 0 Å². The number of halogens is 4. The van der Waals surface area contributed by atoms with Gasteiger partial charge in [0.15, 0.2) is 0 Å². The van der Waals surface area contributed by atoms with Crippen LogP contribution in [0.3, 0.4) is 0 Å². The average Bonchev–Trinajstić information content (AvgIpc) is 2.08. The van der Waals surface area contributed by atoms with Crippen LogP contribution in [0.1, 0.15) is 28.0 Å². The molecule has 0 aliphatic rings. The molecule has 0 unspecified atom stereocenters. The van der Waals surface area contributed by atoms with E-state index in [2.05, 4.69) is 4.98 Å². The third kappa shape index (κ3) is 2.01. The molecule has 6 heteroatoms. The first-order valence-electron chi connectivity index (χ1n) is 3.58. The predicted molar refractivity (Wildman–Crippen MR) is 49.1 cm³/mol. The molecule has 0 spiro atoms. The van der Waals surface area contributed by atoms with Crippen molar-refractivity contribution in [1.29, 1.82) is 0 Å². The number of rotatable bonds is 2. The van der Waals surface area contributed by atoms with Crippen molar-refractivity contribution in [3.8, 4) is 0 Å². The minimum absolute atomic E-state index is 0.0852. The number of pyridine rings is 1. The quantitative estimate of drug-likeness (QED) is 0.742. The van der Waals surface area contributed by atoms with Gasteiger partial charge in [-0.05, 0) is 24.1 Å². The molecule has 1 aromatic heterocycles. The Morgan fingerprint density at radius 3 is 2.57 bits per heavy atom. The summed E-state index contributed by atoms with van der Waals surface area (Å²) in [6.07, 6.45) is -1.70. The zero-order valence-corrected chi connectivity index (χ0v) is 8.53. The van der Waals surface area contributed by atoms with Crippen LogP contribution in [0, 0.1) is 6.92 Å². The first kappa shape index (κ1) is 11.3. The van der Waals surface area contributed by atoms with Crippen LogP contribution in [0.4, 0.5) is 8.78 Å². The van der Waals surface area contributed by atoms with E-state index in [1.807, 2.05) is 0 Å². The fourth-order valence-electron chi connectivity index (χ4n) is 1.02. The van der Waals surface area contributed by atoms with Gasteiger partial charge in [-0.2, -0.15) is 0 Å². The molecular weight excluding hydrogens is 235 g/mol. The smallest absolute Gasteiger partial charge is 0.271 e. The van der Waals surface area contributed by atoms with Crippen LogP contribution in [0.15, 0.2) is 6.20 Å².